The van der Waals surface area contributed by atoms with Crippen molar-refractivity contribution < 1.29 is 28.8 Å². The van der Waals surface area contributed by atoms with Crippen molar-refractivity contribution in [3.63, 3.8) is 0 Å². The number of carbonyl (C=O) groups excluding carboxylic acids is 1. The minimum atomic E-state index is -1.17. The third-order valence-electron chi connectivity index (χ3n) is 8.64. The Kier molecular flexibility index (Phi) is 12.4. The van der Waals surface area contributed by atoms with Gasteiger partial charge in [-0.25, -0.2) is 0 Å². The van der Waals surface area contributed by atoms with Crippen molar-refractivity contribution in [3.05, 3.63) is 180 Å². The molecule has 1 aromatic heterocycles. The Labute approximate surface area is 293 Å². The van der Waals surface area contributed by atoms with Crippen molar-refractivity contribution in [2.45, 2.75) is 57.8 Å². The number of hydrogen-bond acceptors (Lipinski definition) is 6. The van der Waals surface area contributed by atoms with Crippen molar-refractivity contribution in [3.8, 4) is 0 Å². The molecule has 0 unspecified atom stereocenters. The molecule has 0 aliphatic rings. The molecule has 0 fully saturated rings. The number of hydrogen-bond donors (Lipinski definition) is 1. The summed E-state index contributed by atoms with van der Waals surface area (Å²) in [7, 11) is 0. The molecule has 256 valence electrons. The van der Waals surface area contributed by atoms with Crippen LogP contribution in [0.25, 0.3) is 10.9 Å². The Hall–Kier alpha value is -4.89. The quantitative estimate of drug-likeness (QED) is 0.106. The summed E-state index contributed by atoms with van der Waals surface area (Å²) in [5.74, 6) is -0.325. The van der Waals surface area contributed by atoms with Crippen LogP contribution < -0.4 is 0 Å². The maximum absolute atomic E-state index is 14.8. The molecular weight excluding hydrogens is 626 g/mol. The van der Waals surface area contributed by atoms with E-state index in [0.717, 1.165) is 38.7 Å². The maximum atomic E-state index is 14.8. The standard InChI is InChI=1S/C43H43NO6/c1-32-26-44(38-25-15-14-24-37(32)38)43(46)42(50-30-36-22-12-5-13-23-36)41(49-29-35-20-10-4-11-21-35)40(48-28-34-18-8-3-9-19-34)39(45)31-47-27-33-16-6-2-7-17-33/h2-26,39-42,45H,27-31H2,1H3/t39-,40-,41+,42-/m1/s1. The van der Waals surface area contributed by atoms with Gasteiger partial charge in [0.1, 0.15) is 18.3 Å². The zero-order chi connectivity index (χ0) is 34.5. The van der Waals surface area contributed by atoms with E-state index in [1.165, 1.54) is 0 Å². The molecule has 0 saturated carbocycles. The number of aliphatic hydroxyl groups excluding tert-OH is 1. The zero-order valence-corrected chi connectivity index (χ0v) is 28.2. The molecule has 1 N–H and O–H groups in total. The van der Waals surface area contributed by atoms with Gasteiger partial charge in [0.2, 0.25) is 0 Å². The van der Waals surface area contributed by atoms with E-state index in [2.05, 4.69) is 0 Å². The summed E-state index contributed by atoms with van der Waals surface area (Å²) in [6.45, 7) is 2.72. The van der Waals surface area contributed by atoms with Gasteiger partial charge in [0.15, 0.2) is 6.10 Å². The second-order valence-corrected chi connectivity index (χ2v) is 12.3. The van der Waals surface area contributed by atoms with E-state index in [1.807, 2.05) is 159 Å². The van der Waals surface area contributed by atoms with Crippen LogP contribution in [0.5, 0.6) is 0 Å². The number of carbonyl (C=O) groups is 1. The predicted octanol–water partition coefficient (Wildman–Crippen LogP) is 7.92. The molecule has 0 aliphatic heterocycles. The molecule has 0 bridgehead atoms. The number of fused-ring (bicyclic) bond motifs is 1. The summed E-state index contributed by atoms with van der Waals surface area (Å²) in [5.41, 5.74) is 5.42. The van der Waals surface area contributed by atoms with Crippen LogP contribution in [0.4, 0.5) is 0 Å². The first-order chi connectivity index (χ1) is 24.6. The van der Waals surface area contributed by atoms with Crippen LogP contribution in [0.15, 0.2) is 152 Å². The van der Waals surface area contributed by atoms with Crippen molar-refractivity contribution in [1.82, 2.24) is 4.57 Å². The molecule has 5 aromatic carbocycles. The van der Waals surface area contributed by atoms with Gasteiger partial charge in [0.05, 0.1) is 38.6 Å². The maximum Gasteiger partial charge on any atom is 0.263 e. The first-order valence-corrected chi connectivity index (χ1v) is 16.9. The van der Waals surface area contributed by atoms with E-state index in [-0.39, 0.29) is 32.3 Å². The van der Waals surface area contributed by atoms with Crippen LogP contribution in [-0.4, -0.2) is 46.6 Å². The molecule has 0 aliphatic carbocycles. The van der Waals surface area contributed by atoms with E-state index in [9.17, 15) is 9.90 Å². The van der Waals surface area contributed by atoms with Crippen LogP contribution in [-0.2, 0) is 45.4 Å². The smallest absolute Gasteiger partial charge is 0.263 e. The third kappa shape index (κ3) is 9.21. The van der Waals surface area contributed by atoms with Crippen LogP contribution in [0.3, 0.4) is 0 Å². The van der Waals surface area contributed by atoms with Crippen LogP contribution in [0.2, 0.25) is 0 Å². The Morgan fingerprint density at radius 3 is 1.56 bits per heavy atom. The molecule has 50 heavy (non-hydrogen) atoms. The molecule has 4 atom stereocenters. The fraction of sp³-hybridized carbons (Fsp3) is 0.233. The van der Waals surface area contributed by atoms with Crippen LogP contribution >= 0.6 is 0 Å². The largest absolute Gasteiger partial charge is 0.388 e. The van der Waals surface area contributed by atoms with Gasteiger partial charge in [-0.05, 0) is 40.8 Å². The van der Waals surface area contributed by atoms with Gasteiger partial charge in [-0.15, -0.1) is 0 Å². The number of para-hydroxylation sites is 1. The molecule has 6 rings (SSSR count). The minimum Gasteiger partial charge on any atom is -0.388 e. The number of rotatable bonds is 17. The van der Waals surface area contributed by atoms with E-state index >= 15 is 0 Å². The fourth-order valence-corrected chi connectivity index (χ4v) is 6.02. The molecule has 0 radical (unpaired) electrons. The Balaban J connectivity index is 1.38. The lowest BCUT2D eigenvalue weighted by molar-refractivity contribution is -0.179. The fourth-order valence-electron chi connectivity index (χ4n) is 6.02. The molecule has 7 heteroatoms. The summed E-state index contributed by atoms with van der Waals surface area (Å²) in [5, 5.41) is 12.9. The Morgan fingerprint density at radius 1 is 0.580 bits per heavy atom. The van der Waals surface area contributed by atoms with Crippen molar-refractivity contribution in [2.24, 2.45) is 0 Å². The second-order valence-electron chi connectivity index (χ2n) is 12.3. The lowest BCUT2D eigenvalue weighted by Crippen LogP contribution is -2.53. The molecule has 0 saturated heterocycles. The molecule has 6 aromatic rings. The van der Waals surface area contributed by atoms with Crippen molar-refractivity contribution in [2.75, 3.05) is 6.61 Å². The molecular formula is C43H43NO6. The number of nitrogens with zero attached hydrogens (tertiary/aromatic N) is 1. The minimum absolute atomic E-state index is 0.0509. The highest BCUT2D eigenvalue weighted by molar-refractivity contribution is 5.96. The van der Waals surface area contributed by atoms with Crippen LogP contribution in [0.1, 0.15) is 32.6 Å². The first-order valence-electron chi connectivity index (χ1n) is 16.9. The van der Waals surface area contributed by atoms with E-state index < -0.39 is 24.4 Å². The first kappa shape index (κ1) is 35.0. The zero-order valence-electron chi connectivity index (χ0n) is 28.2. The number of aromatic nitrogens is 1. The lowest BCUT2D eigenvalue weighted by Gasteiger charge is -2.35. The number of ether oxygens (including phenoxy) is 4. The monoisotopic (exact) mass is 669 g/mol. The number of aliphatic hydroxyl groups is 1. The van der Waals surface area contributed by atoms with Crippen LogP contribution in [0, 0.1) is 6.92 Å². The highest BCUT2D eigenvalue weighted by Gasteiger charge is 2.42. The summed E-state index contributed by atoms with van der Waals surface area (Å²) in [4.78, 5) is 14.8. The van der Waals surface area contributed by atoms with Gasteiger partial charge >= 0.3 is 0 Å². The van der Waals surface area contributed by atoms with E-state index in [1.54, 1.807) is 4.57 Å². The van der Waals surface area contributed by atoms with Gasteiger partial charge in [-0.1, -0.05) is 140 Å². The normalized spacial score (nSPS) is 13.9. The summed E-state index contributed by atoms with van der Waals surface area (Å²) in [6, 6.07) is 46.7. The molecule has 7 nitrogen and oxygen atoms in total. The summed E-state index contributed by atoms with van der Waals surface area (Å²) in [6.07, 6.45) is -2.55. The van der Waals surface area contributed by atoms with Gasteiger partial charge < -0.3 is 24.1 Å². The molecule has 0 amide bonds. The van der Waals surface area contributed by atoms with Gasteiger partial charge in [-0.2, -0.15) is 0 Å². The highest BCUT2D eigenvalue weighted by Crippen LogP contribution is 2.26. The average molecular weight is 670 g/mol. The lowest BCUT2D eigenvalue weighted by atomic mass is 10.0. The average Bonchev–Trinajstić information content (AvgIpc) is 3.51. The van der Waals surface area contributed by atoms with E-state index in [0.29, 0.717) is 6.61 Å². The Morgan fingerprint density at radius 2 is 1.02 bits per heavy atom. The van der Waals surface area contributed by atoms with E-state index in [4.69, 9.17) is 18.9 Å². The number of aryl methyl sites for hydroxylation is 1. The third-order valence-corrected chi connectivity index (χ3v) is 8.64. The van der Waals surface area contributed by atoms with Gasteiger partial charge in [-0.3, -0.25) is 9.36 Å². The Bertz CT molecular complexity index is 1900. The second kappa shape index (κ2) is 17.7. The number of benzene rings is 5. The predicted molar refractivity (Wildman–Crippen MR) is 194 cm³/mol. The van der Waals surface area contributed by atoms with Gasteiger partial charge in [0.25, 0.3) is 5.91 Å². The highest BCUT2D eigenvalue weighted by atomic mass is 16.6. The molecule has 1 heterocycles. The van der Waals surface area contributed by atoms with Crippen molar-refractivity contribution >= 4 is 16.8 Å². The molecule has 0 spiro atoms. The SMILES string of the molecule is Cc1cn(C(=O)[C@H](OCc2ccccc2)[C@@H](OCc2ccccc2)[C@H](OCc2ccccc2)[C@H](O)COCc2ccccc2)c2ccccc12. The topological polar surface area (TPSA) is 79.2 Å². The van der Waals surface area contributed by atoms with Crippen molar-refractivity contribution in [1.29, 1.82) is 0 Å². The summed E-state index contributed by atoms with van der Waals surface area (Å²) < 4.78 is 27.5. The summed E-state index contributed by atoms with van der Waals surface area (Å²) >= 11 is 0. The van der Waals surface area contributed by atoms with Gasteiger partial charge in [0, 0.05) is 11.6 Å².